The van der Waals surface area contributed by atoms with Gasteiger partial charge < -0.3 is 10.1 Å². The second-order valence-electron chi connectivity index (χ2n) is 6.93. The lowest BCUT2D eigenvalue weighted by atomic mass is 10.1. The van der Waals surface area contributed by atoms with Gasteiger partial charge in [0.15, 0.2) is 6.10 Å². The SMILES string of the molecule is CC[C@H](Oc1cc(C)ccc1C)C(=O)Nc1ccc(CN(CC)CC)cc1. The van der Waals surface area contributed by atoms with Gasteiger partial charge in [0.1, 0.15) is 5.75 Å². The normalized spacial score (nSPS) is 12.1. The van der Waals surface area contributed by atoms with Crippen molar-refractivity contribution in [3.8, 4) is 5.75 Å². The summed E-state index contributed by atoms with van der Waals surface area (Å²) in [6, 6.07) is 14.1. The van der Waals surface area contributed by atoms with E-state index in [-0.39, 0.29) is 5.91 Å². The summed E-state index contributed by atoms with van der Waals surface area (Å²) in [5.41, 5.74) is 4.20. The highest BCUT2D eigenvalue weighted by molar-refractivity contribution is 5.94. The molecule has 0 unspecified atom stereocenters. The van der Waals surface area contributed by atoms with Gasteiger partial charge in [-0.3, -0.25) is 9.69 Å². The molecule has 2 rings (SSSR count). The molecule has 4 heteroatoms. The van der Waals surface area contributed by atoms with Crippen molar-refractivity contribution in [1.29, 1.82) is 0 Å². The van der Waals surface area contributed by atoms with Crippen LogP contribution in [0.1, 0.15) is 43.9 Å². The summed E-state index contributed by atoms with van der Waals surface area (Å²) in [7, 11) is 0. The van der Waals surface area contributed by atoms with Gasteiger partial charge in [-0.1, -0.05) is 45.0 Å². The standard InChI is InChI=1S/C23H32N2O2/c1-6-21(27-22-15-17(4)9-10-18(22)5)23(26)24-20-13-11-19(12-14-20)16-25(7-2)8-3/h9-15,21H,6-8,16H2,1-5H3,(H,24,26)/t21-/m0/s1. The molecule has 1 atom stereocenters. The maximum atomic E-state index is 12.7. The molecule has 1 amide bonds. The summed E-state index contributed by atoms with van der Waals surface area (Å²) in [6.45, 7) is 13.3. The van der Waals surface area contributed by atoms with E-state index in [1.54, 1.807) is 0 Å². The van der Waals surface area contributed by atoms with Gasteiger partial charge in [0.25, 0.3) is 5.91 Å². The highest BCUT2D eigenvalue weighted by atomic mass is 16.5. The Hall–Kier alpha value is -2.33. The predicted octanol–water partition coefficient (Wildman–Crippen LogP) is 4.94. The van der Waals surface area contributed by atoms with E-state index < -0.39 is 6.10 Å². The zero-order valence-electron chi connectivity index (χ0n) is 17.2. The Balaban J connectivity index is 2.00. The molecule has 0 saturated heterocycles. The van der Waals surface area contributed by atoms with Crippen molar-refractivity contribution in [2.45, 2.75) is 53.7 Å². The van der Waals surface area contributed by atoms with Crippen LogP contribution in [0.25, 0.3) is 0 Å². The molecular weight excluding hydrogens is 336 g/mol. The Morgan fingerprint density at radius 2 is 1.70 bits per heavy atom. The predicted molar refractivity (Wildman–Crippen MR) is 112 cm³/mol. The van der Waals surface area contributed by atoms with E-state index in [1.807, 2.05) is 51.1 Å². The zero-order chi connectivity index (χ0) is 19.8. The van der Waals surface area contributed by atoms with Crippen molar-refractivity contribution in [3.05, 3.63) is 59.2 Å². The molecule has 0 aliphatic carbocycles. The smallest absolute Gasteiger partial charge is 0.265 e. The lowest BCUT2D eigenvalue weighted by Gasteiger charge is -2.20. The van der Waals surface area contributed by atoms with Crippen LogP contribution < -0.4 is 10.1 Å². The lowest BCUT2D eigenvalue weighted by Crippen LogP contribution is -2.32. The van der Waals surface area contributed by atoms with E-state index in [0.29, 0.717) is 6.42 Å². The number of hydrogen-bond acceptors (Lipinski definition) is 3. The molecule has 146 valence electrons. The van der Waals surface area contributed by atoms with Crippen LogP contribution in [-0.2, 0) is 11.3 Å². The Labute approximate surface area is 163 Å². The van der Waals surface area contributed by atoms with Gasteiger partial charge >= 0.3 is 0 Å². The number of hydrogen-bond donors (Lipinski definition) is 1. The first-order valence-corrected chi connectivity index (χ1v) is 9.82. The number of ether oxygens (including phenoxy) is 1. The molecule has 27 heavy (non-hydrogen) atoms. The van der Waals surface area contributed by atoms with E-state index in [1.165, 1.54) is 5.56 Å². The molecule has 4 nitrogen and oxygen atoms in total. The second-order valence-corrected chi connectivity index (χ2v) is 6.93. The number of benzene rings is 2. The summed E-state index contributed by atoms with van der Waals surface area (Å²) in [6.07, 6.45) is 0.0973. The monoisotopic (exact) mass is 368 g/mol. The highest BCUT2D eigenvalue weighted by Crippen LogP contribution is 2.22. The number of anilines is 1. The topological polar surface area (TPSA) is 41.6 Å². The van der Waals surface area contributed by atoms with Crippen LogP contribution in [0.15, 0.2) is 42.5 Å². The minimum Gasteiger partial charge on any atom is -0.480 e. The van der Waals surface area contributed by atoms with Crippen LogP contribution in [0.5, 0.6) is 5.75 Å². The van der Waals surface area contributed by atoms with E-state index in [0.717, 1.165) is 42.2 Å². The molecule has 1 N–H and O–H groups in total. The number of rotatable bonds is 9. The lowest BCUT2D eigenvalue weighted by molar-refractivity contribution is -0.122. The van der Waals surface area contributed by atoms with E-state index in [4.69, 9.17) is 4.74 Å². The summed E-state index contributed by atoms with van der Waals surface area (Å²) in [5.74, 6) is 0.654. The molecule has 0 saturated carbocycles. The molecule has 0 spiro atoms. The van der Waals surface area contributed by atoms with Crippen LogP contribution in [0.3, 0.4) is 0 Å². The van der Waals surface area contributed by atoms with Crippen molar-refractivity contribution in [2.75, 3.05) is 18.4 Å². The van der Waals surface area contributed by atoms with Crippen molar-refractivity contribution < 1.29 is 9.53 Å². The third-order valence-electron chi connectivity index (χ3n) is 4.80. The zero-order valence-corrected chi connectivity index (χ0v) is 17.2. The van der Waals surface area contributed by atoms with Gasteiger partial charge in [-0.25, -0.2) is 0 Å². The number of carbonyl (C=O) groups is 1. The summed E-state index contributed by atoms with van der Waals surface area (Å²) >= 11 is 0. The fraction of sp³-hybridized carbons (Fsp3) is 0.435. The maximum absolute atomic E-state index is 12.7. The molecule has 0 aromatic heterocycles. The molecule has 2 aromatic rings. The molecule has 0 aliphatic heterocycles. The van der Waals surface area contributed by atoms with Gasteiger partial charge in [0.05, 0.1) is 0 Å². The Morgan fingerprint density at radius 1 is 1.04 bits per heavy atom. The maximum Gasteiger partial charge on any atom is 0.265 e. The Kier molecular flexibility index (Phi) is 7.86. The Bertz CT molecular complexity index is 737. The minimum absolute atomic E-state index is 0.116. The van der Waals surface area contributed by atoms with Gasteiger partial charge in [-0.05, 0) is 68.2 Å². The quantitative estimate of drug-likeness (QED) is 0.681. The molecule has 0 heterocycles. The first-order chi connectivity index (χ1) is 13.0. The summed E-state index contributed by atoms with van der Waals surface area (Å²) in [4.78, 5) is 15.0. The van der Waals surface area contributed by atoms with Gasteiger partial charge in [0.2, 0.25) is 0 Å². The third kappa shape index (κ3) is 6.10. The molecule has 0 bridgehead atoms. The fourth-order valence-electron chi connectivity index (χ4n) is 2.93. The van der Waals surface area contributed by atoms with E-state index in [2.05, 4.69) is 36.2 Å². The average Bonchev–Trinajstić information content (AvgIpc) is 2.67. The largest absolute Gasteiger partial charge is 0.480 e. The van der Waals surface area contributed by atoms with Crippen molar-refractivity contribution >= 4 is 11.6 Å². The number of amides is 1. The third-order valence-corrected chi connectivity index (χ3v) is 4.80. The number of carbonyl (C=O) groups excluding carboxylic acids is 1. The summed E-state index contributed by atoms with van der Waals surface area (Å²) < 4.78 is 6.00. The summed E-state index contributed by atoms with van der Waals surface area (Å²) in [5, 5.41) is 2.98. The number of nitrogens with one attached hydrogen (secondary N) is 1. The molecule has 0 fully saturated rings. The molecule has 0 aliphatic rings. The molecular formula is C23H32N2O2. The Morgan fingerprint density at radius 3 is 2.30 bits per heavy atom. The number of aryl methyl sites for hydroxylation is 2. The van der Waals surface area contributed by atoms with Crippen LogP contribution >= 0.6 is 0 Å². The van der Waals surface area contributed by atoms with Crippen molar-refractivity contribution in [2.24, 2.45) is 0 Å². The van der Waals surface area contributed by atoms with Crippen LogP contribution in [0.2, 0.25) is 0 Å². The van der Waals surface area contributed by atoms with Gasteiger partial charge in [-0.2, -0.15) is 0 Å². The van der Waals surface area contributed by atoms with Crippen molar-refractivity contribution in [1.82, 2.24) is 4.90 Å². The minimum atomic E-state index is -0.513. The fourth-order valence-corrected chi connectivity index (χ4v) is 2.93. The first-order valence-electron chi connectivity index (χ1n) is 9.82. The second kappa shape index (κ2) is 10.1. The average molecular weight is 369 g/mol. The van der Waals surface area contributed by atoms with Crippen LogP contribution in [-0.4, -0.2) is 30.0 Å². The number of nitrogens with zero attached hydrogens (tertiary/aromatic N) is 1. The molecule has 0 radical (unpaired) electrons. The van der Waals surface area contributed by atoms with Gasteiger partial charge in [0, 0.05) is 12.2 Å². The molecule has 2 aromatic carbocycles. The highest BCUT2D eigenvalue weighted by Gasteiger charge is 2.19. The van der Waals surface area contributed by atoms with Crippen LogP contribution in [0.4, 0.5) is 5.69 Å². The van der Waals surface area contributed by atoms with Crippen LogP contribution in [0, 0.1) is 13.8 Å². The van der Waals surface area contributed by atoms with E-state index >= 15 is 0 Å². The van der Waals surface area contributed by atoms with Crippen molar-refractivity contribution in [3.63, 3.8) is 0 Å². The van der Waals surface area contributed by atoms with Gasteiger partial charge in [-0.15, -0.1) is 0 Å². The van der Waals surface area contributed by atoms with E-state index in [9.17, 15) is 4.79 Å². The first kappa shape index (κ1) is 21.0.